The van der Waals surface area contributed by atoms with Crippen LogP contribution in [0.15, 0.2) is 0 Å². The van der Waals surface area contributed by atoms with Crippen LogP contribution in [0.25, 0.3) is 0 Å². The maximum Gasteiger partial charge on any atom is 0.239 e. The van der Waals surface area contributed by atoms with Crippen LogP contribution in [0.5, 0.6) is 0 Å². The van der Waals surface area contributed by atoms with Gasteiger partial charge in [0.05, 0.1) is 13.2 Å². The second-order valence-electron chi connectivity index (χ2n) is 6.19. The van der Waals surface area contributed by atoms with Gasteiger partial charge >= 0.3 is 0 Å². The molecule has 2 fully saturated rings. The standard InChI is InChI=1S/C15H26N2O3/c1-20-12-15(7-3-4-8-15)11-16-13(18)10-17-9-5-2-6-14(17)19/h2-12H2,1H3,(H,16,18). The molecule has 0 radical (unpaired) electrons. The van der Waals surface area contributed by atoms with Crippen molar-refractivity contribution < 1.29 is 14.3 Å². The fourth-order valence-corrected chi connectivity index (χ4v) is 3.35. The Labute approximate surface area is 121 Å². The van der Waals surface area contributed by atoms with Gasteiger partial charge in [0.25, 0.3) is 0 Å². The first-order valence-electron chi connectivity index (χ1n) is 7.69. The summed E-state index contributed by atoms with van der Waals surface area (Å²) in [5.41, 5.74) is 0.107. The molecule has 2 aliphatic rings. The van der Waals surface area contributed by atoms with Crippen molar-refractivity contribution in [2.24, 2.45) is 5.41 Å². The molecular formula is C15H26N2O3. The van der Waals surface area contributed by atoms with Crippen molar-refractivity contribution in [1.82, 2.24) is 10.2 Å². The van der Waals surface area contributed by atoms with Crippen LogP contribution in [-0.2, 0) is 14.3 Å². The summed E-state index contributed by atoms with van der Waals surface area (Å²) >= 11 is 0. The average molecular weight is 282 g/mol. The third-order valence-corrected chi connectivity index (χ3v) is 4.53. The highest BCUT2D eigenvalue weighted by atomic mass is 16.5. The van der Waals surface area contributed by atoms with E-state index in [1.165, 1.54) is 12.8 Å². The van der Waals surface area contributed by atoms with Gasteiger partial charge in [-0.05, 0) is 25.7 Å². The molecule has 1 saturated carbocycles. The lowest BCUT2D eigenvalue weighted by Gasteiger charge is -2.30. The molecule has 2 amide bonds. The van der Waals surface area contributed by atoms with Gasteiger partial charge < -0.3 is 15.0 Å². The molecule has 1 aliphatic heterocycles. The number of nitrogens with zero attached hydrogens (tertiary/aromatic N) is 1. The maximum atomic E-state index is 12.0. The first kappa shape index (κ1) is 15.3. The first-order valence-corrected chi connectivity index (χ1v) is 7.69. The zero-order valence-electron chi connectivity index (χ0n) is 12.5. The maximum absolute atomic E-state index is 12.0. The Morgan fingerprint density at radius 3 is 2.70 bits per heavy atom. The number of amides is 2. The molecule has 0 unspecified atom stereocenters. The van der Waals surface area contributed by atoms with Gasteiger partial charge in [0.2, 0.25) is 11.8 Å². The van der Waals surface area contributed by atoms with Crippen molar-refractivity contribution in [3.8, 4) is 0 Å². The van der Waals surface area contributed by atoms with E-state index in [0.29, 0.717) is 19.6 Å². The third-order valence-electron chi connectivity index (χ3n) is 4.53. The smallest absolute Gasteiger partial charge is 0.239 e. The molecule has 0 aromatic heterocycles. The minimum atomic E-state index is -0.0392. The van der Waals surface area contributed by atoms with E-state index in [-0.39, 0.29) is 23.8 Å². The number of hydrogen-bond donors (Lipinski definition) is 1. The van der Waals surface area contributed by atoms with E-state index in [1.54, 1.807) is 12.0 Å². The van der Waals surface area contributed by atoms with Crippen molar-refractivity contribution in [3.63, 3.8) is 0 Å². The Morgan fingerprint density at radius 1 is 1.30 bits per heavy atom. The number of carbonyl (C=O) groups is 2. The predicted octanol–water partition coefficient (Wildman–Crippen LogP) is 1.32. The molecule has 5 nitrogen and oxygen atoms in total. The molecule has 1 heterocycles. The van der Waals surface area contributed by atoms with Gasteiger partial charge in [-0.25, -0.2) is 0 Å². The molecule has 1 aliphatic carbocycles. The van der Waals surface area contributed by atoms with Gasteiger partial charge in [-0.2, -0.15) is 0 Å². The van der Waals surface area contributed by atoms with E-state index >= 15 is 0 Å². The number of hydrogen-bond acceptors (Lipinski definition) is 3. The van der Waals surface area contributed by atoms with Crippen LogP contribution >= 0.6 is 0 Å². The van der Waals surface area contributed by atoms with Crippen LogP contribution in [-0.4, -0.2) is 50.1 Å². The lowest BCUT2D eigenvalue weighted by molar-refractivity contribution is -0.138. The van der Waals surface area contributed by atoms with Crippen LogP contribution < -0.4 is 5.32 Å². The number of nitrogens with one attached hydrogen (secondary N) is 1. The SMILES string of the molecule is COCC1(CNC(=O)CN2CCCCC2=O)CCCC1. The number of carbonyl (C=O) groups excluding carboxylic acids is 2. The normalized spacial score (nSPS) is 22.1. The molecule has 114 valence electrons. The fourth-order valence-electron chi connectivity index (χ4n) is 3.35. The summed E-state index contributed by atoms with van der Waals surface area (Å²) < 4.78 is 5.31. The Balaban J connectivity index is 1.77. The largest absolute Gasteiger partial charge is 0.384 e. The summed E-state index contributed by atoms with van der Waals surface area (Å²) in [5, 5.41) is 3.01. The minimum Gasteiger partial charge on any atom is -0.384 e. The average Bonchev–Trinajstić information content (AvgIpc) is 2.89. The third kappa shape index (κ3) is 3.95. The van der Waals surface area contributed by atoms with Gasteiger partial charge in [-0.1, -0.05) is 12.8 Å². The topological polar surface area (TPSA) is 58.6 Å². The summed E-state index contributed by atoms with van der Waals surface area (Å²) in [6.45, 7) is 2.30. The van der Waals surface area contributed by atoms with E-state index < -0.39 is 0 Å². The van der Waals surface area contributed by atoms with Crippen molar-refractivity contribution in [3.05, 3.63) is 0 Å². The summed E-state index contributed by atoms with van der Waals surface area (Å²) in [7, 11) is 1.72. The van der Waals surface area contributed by atoms with E-state index in [1.807, 2.05) is 0 Å². The highest BCUT2D eigenvalue weighted by molar-refractivity contribution is 5.85. The number of methoxy groups -OCH3 is 1. The van der Waals surface area contributed by atoms with E-state index in [4.69, 9.17) is 4.74 Å². The highest BCUT2D eigenvalue weighted by Crippen LogP contribution is 2.37. The molecule has 2 rings (SSSR count). The van der Waals surface area contributed by atoms with Crippen molar-refractivity contribution in [2.45, 2.75) is 44.9 Å². The Kier molecular flexibility index (Phi) is 5.40. The molecule has 0 atom stereocenters. The summed E-state index contributed by atoms with van der Waals surface area (Å²) in [4.78, 5) is 25.4. The molecule has 0 aromatic rings. The number of ether oxygens (including phenoxy) is 1. The predicted molar refractivity (Wildman–Crippen MR) is 76.2 cm³/mol. The van der Waals surface area contributed by atoms with E-state index in [9.17, 15) is 9.59 Å². The van der Waals surface area contributed by atoms with Crippen LogP contribution in [0.4, 0.5) is 0 Å². The monoisotopic (exact) mass is 282 g/mol. The summed E-state index contributed by atoms with van der Waals surface area (Å²) in [6.07, 6.45) is 7.20. The lowest BCUT2D eigenvalue weighted by Crippen LogP contribution is -2.46. The zero-order chi connectivity index (χ0) is 14.4. The van der Waals surface area contributed by atoms with E-state index in [2.05, 4.69) is 5.32 Å². The highest BCUT2D eigenvalue weighted by Gasteiger charge is 2.34. The number of rotatable bonds is 6. The molecule has 0 bridgehead atoms. The van der Waals surface area contributed by atoms with Crippen molar-refractivity contribution >= 4 is 11.8 Å². The van der Waals surface area contributed by atoms with Gasteiger partial charge in [0, 0.05) is 32.0 Å². The molecule has 1 saturated heterocycles. The first-order chi connectivity index (χ1) is 9.65. The minimum absolute atomic E-state index is 0.0392. The van der Waals surface area contributed by atoms with Crippen molar-refractivity contribution in [1.29, 1.82) is 0 Å². The summed E-state index contributed by atoms with van der Waals surface area (Å²) in [5.74, 6) is 0.0708. The number of piperidine rings is 1. The zero-order valence-corrected chi connectivity index (χ0v) is 12.5. The summed E-state index contributed by atoms with van der Waals surface area (Å²) in [6, 6.07) is 0. The van der Waals surface area contributed by atoms with E-state index in [0.717, 1.165) is 32.2 Å². The Bertz CT molecular complexity index is 351. The van der Waals surface area contributed by atoms with Crippen LogP contribution in [0, 0.1) is 5.41 Å². The quantitative estimate of drug-likeness (QED) is 0.799. The van der Waals surface area contributed by atoms with Gasteiger partial charge in [-0.15, -0.1) is 0 Å². The van der Waals surface area contributed by atoms with Crippen LogP contribution in [0.2, 0.25) is 0 Å². The van der Waals surface area contributed by atoms with Gasteiger partial charge in [-0.3, -0.25) is 9.59 Å². The Morgan fingerprint density at radius 2 is 2.05 bits per heavy atom. The second kappa shape index (κ2) is 7.07. The molecular weight excluding hydrogens is 256 g/mol. The molecule has 0 spiro atoms. The second-order valence-corrected chi connectivity index (χ2v) is 6.19. The molecule has 1 N–H and O–H groups in total. The van der Waals surface area contributed by atoms with Crippen LogP contribution in [0.1, 0.15) is 44.9 Å². The Hall–Kier alpha value is -1.10. The van der Waals surface area contributed by atoms with Gasteiger partial charge in [0.1, 0.15) is 0 Å². The van der Waals surface area contributed by atoms with Gasteiger partial charge in [0.15, 0.2) is 0 Å². The number of likely N-dealkylation sites (tertiary alicyclic amines) is 1. The molecule has 20 heavy (non-hydrogen) atoms. The molecule has 0 aromatic carbocycles. The lowest BCUT2D eigenvalue weighted by atomic mass is 9.87. The van der Waals surface area contributed by atoms with Crippen molar-refractivity contribution in [2.75, 3.05) is 33.4 Å². The molecule has 5 heteroatoms. The fraction of sp³-hybridized carbons (Fsp3) is 0.867. The van der Waals surface area contributed by atoms with Crippen LogP contribution in [0.3, 0.4) is 0 Å².